The van der Waals surface area contributed by atoms with Gasteiger partial charge in [0.2, 0.25) is 5.91 Å². The molecule has 23 heavy (non-hydrogen) atoms. The molecular weight excluding hydrogens is 336 g/mol. The van der Waals surface area contributed by atoms with E-state index < -0.39 is 10.0 Å². The highest BCUT2D eigenvalue weighted by molar-refractivity contribution is 7.92. The minimum Gasteiger partial charge on any atom is -0.312 e. The number of fused-ring (bicyclic) bond motifs is 1. The molecule has 0 bridgehead atoms. The molecule has 2 aromatic carbocycles. The van der Waals surface area contributed by atoms with Crippen molar-refractivity contribution in [1.82, 2.24) is 0 Å². The van der Waals surface area contributed by atoms with E-state index in [4.69, 9.17) is 11.6 Å². The largest absolute Gasteiger partial charge is 0.312 e. The number of carbonyl (C=O) groups is 1. The molecule has 1 amide bonds. The zero-order chi connectivity index (χ0) is 16.6. The van der Waals surface area contributed by atoms with E-state index in [0.29, 0.717) is 18.7 Å². The maximum atomic E-state index is 12.4. The summed E-state index contributed by atoms with van der Waals surface area (Å²) >= 11 is 5.96. The van der Waals surface area contributed by atoms with Gasteiger partial charge >= 0.3 is 0 Å². The standard InChI is InChI=1S/C16H15ClN2O3S/c1-11(20)19-9-8-12-10-13(6-7-15(12)19)18-23(21,22)16-5-3-2-4-14(16)17/h2-7,10,18H,8-9H2,1H3. The molecule has 0 aromatic heterocycles. The van der Waals surface area contributed by atoms with Gasteiger partial charge in [-0.2, -0.15) is 0 Å². The topological polar surface area (TPSA) is 66.5 Å². The van der Waals surface area contributed by atoms with Crippen molar-refractivity contribution in [2.45, 2.75) is 18.2 Å². The van der Waals surface area contributed by atoms with Crippen LogP contribution in [0.2, 0.25) is 5.02 Å². The van der Waals surface area contributed by atoms with E-state index in [-0.39, 0.29) is 15.8 Å². The van der Waals surface area contributed by atoms with E-state index in [1.54, 1.807) is 35.2 Å². The third-order valence-electron chi connectivity index (χ3n) is 3.73. The summed E-state index contributed by atoms with van der Waals surface area (Å²) in [6.45, 7) is 2.13. The lowest BCUT2D eigenvalue weighted by molar-refractivity contribution is -0.116. The number of nitrogens with one attached hydrogen (secondary N) is 1. The molecular formula is C16H15ClN2O3S. The van der Waals surface area contributed by atoms with Crippen molar-refractivity contribution in [3.63, 3.8) is 0 Å². The predicted octanol–water partition coefficient (Wildman–Crippen LogP) is 3.05. The van der Waals surface area contributed by atoms with Crippen molar-refractivity contribution < 1.29 is 13.2 Å². The van der Waals surface area contributed by atoms with E-state index in [9.17, 15) is 13.2 Å². The number of carbonyl (C=O) groups excluding carboxylic acids is 1. The van der Waals surface area contributed by atoms with Crippen molar-refractivity contribution in [2.24, 2.45) is 0 Å². The summed E-state index contributed by atoms with van der Waals surface area (Å²) in [7, 11) is -3.75. The Bertz CT molecular complexity index is 881. The summed E-state index contributed by atoms with van der Waals surface area (Å²) in [6.07, 6.45) is 0.705. The maximum Gasteiger partial charge on any atom is 0.263 e. The van der Waals surface area contributed by atoms with Crippen molar-refractivity contribution in [2.75, 3.05) is 16.2 Å². The Morgan fingerprint density at radius 1 is 1.22 bits per heavy atom. The maximum absolute atomic E-state index is 12.4. The lowest BCUT2D eigenvalue weighted by Crippen LogP contribution is -2.25. The third-order valence-corrected chi connectivity index (χ3v) is 5.61. The lowest BCUT2D eigenvalue weighted by atomic mass is 10.1. The van der Waals surface area contributed by atoms with Crippen LogP contribution in [0.25, 0.3) is 0 Å². The van der Waals surface area contributed by atoms with Gasteiger partial charge in [-0.1, -0.05) is 23.7 Å². The van der Waals surface area contributed by atoms with E-state index in [0.717, 1.165) is 11.3 Å². The fourth-order valence-corrected chi connectivity index (χ4v) is 4.24. The van der Waals surface area contributed by atoms with Gasteiger partial charge in [0, 0.05) is 24.8 Å². The number of nitrogens with zero attached hydrogens (tertiary/aromatic N) is 1. The molecule has 0 fully saturated rings. The van der Waals surface area contributed by atoms with Crippen LogP contribution in [0.4, 0.5) is 11.4 Å². The van der Waals surface area contributed by atoms with Crippen LogP contribution in [0, 0.1) is 0 Å². The van der Waals surface area contributed by atoms with Gasteiger partial charge in [0.05, 0.1) is 5.02 Å². The Kier molecular flexibility index (Phi) is 4.04. The second kappa shape index (κ2) is 5.86. The highest BCUT2D eigenvalue weighted by Crippen LogP contribution is 2.31. The molecule has 1 heterocycles. The highest BCUT2D eigenvalue weighted by Gasteiger charge is 2.23. The van der Waals surface area contributed by atoms with Gasteiger partial charge in [-0.25, -0.2) is 8.42 Å². The van der Waals surface area contributed by atoms with Crippen molar-refractivity contribution >= 4 is 38.9 Å². The molecule has 3 rings (SSSR count). The van der Waals surface area contributed by atoms with Crippen LogP contribution < -0.4 is 9.62 Å². The van der Waals surface area contributed by atoms with Gasteiger partial charge in [-0.05, 0) is 42.3 Å². The fraction of sp³-hybridized carbons (Fsp3) is 0.188. The normalized spacial score (nSPS) is 13.7. The zero-order valence-corrected chi connectivity index (χ0v) is 14.0. The Balaban J connectivity index is 1.90. The minimum absolute atomic E-state index is 0.0202. The fourth-order valence-electron chi connectivity index (χ4n) is 2.67. The van der Waals surface area contributed by atoms with Crippen molar-refractivity contribution in [3.05, 3.63) is 53.1 Å². The quantitative estimate of drug-likeness (QED) is 0.925. The molecule has 120 valence electrons. The van der Waals surface area contributed by atoms with Crippen LogP contribution in [-0.4, -0.2) is 20.9 Å². The van der Waals surface area contributed by atoms with Gasteiger partial charge in [0.15, 0.2) is 0 Å². The zero-order valence-electron chi connectivity index (χ0n) is 12.4. The minimum atomic E-state index is -3.75. The number of amides is 1. The molecule has 0 radical (unpaired) electrons. The smallest absolute Gasteiger partial charge is 0.263 e. The van der Waals surface area contributed by atoms with E-state index in [2.05, 4.69) is 4.72 Å². The van der Waals surface area contributed by atoms with Gasteiger partial charge in [0.25, 0.3) is 10.0 Å². The molecule has 5 nitrogen and oxygen atoms in total. The highest BCUT2D eigenvalue weighted by atomic mass is 35.5. The summed E-state index contributed by atoms with van der Waals surface area (Å²) in [5.74, 6) is -0.0202. The number of halogens is 1. The number of hydrogen-bond donors (Lipinski definition) is 1. The first-order valence-electron chi connectivity index (χ1n) is 7.07. The van der Waals surface area contributed by atoms with Crippen LogP contribution in [0.1, 0.15) is 12.5 Å². The molecule has 0 unspecified atom stereocenters. The number of rotatable bonds is 3. The lowest BCUT2D eigenvalue weighted by Gasteiger charge is -2.15. The monoisotopic (exact) mass is 350 g/mol. The second-order valence-corrected chi connectivity index (χ2v) is 7.36. The van der Waals surface area contributed by atoms with Gasteiger partial charge < -0.3 is 4.90 Å². The Labute approximate surface area is 139 Å². The van der Waals surface area contributed by atoms with E-state index in [1.165, 1.54) is 19.1 Å². The van der Waals surface area contributed by atoms with E-state index in [1.807, 2.05) is 0 Å². The van der Waals surface area contributed by atoms with Crippen molar-refractivity contribution in [3.8, 4) is 0 Å². The van der Waals surface area contributed by atoms with Gasteiger partial charge in [0.1, 0.15) is 4.90 Å². The Hall–Kier alpha value is -2.05. The summed E-state index contributed by atoms with van der Waals surface area (Å²) in [5.41, 5.74) is 2.23. The molecule has 0 saturated carbocycles. The second-order valence-electron chi connectivity index (χ2n) is 5.30. The summed E-state index contributed by atoms with van der Waals surface area (Å²) in [5, 5.41) is 0.170. The van der Waals surface area contributed by atoms with Crippen LogP contribution in [-0.2, 0) is 21.2 Å². The van der Waals surface area contributed by atoms with Gasteiger partial charge in [-0.15, -0.1) is 0 Å². The Morgan fingerprint density at radius 2 is 1.96 bits per heavy atom. The molecule has 7 heteroatoms. The number of benzene rings is 2. The van der Waals surface area contributed by atoms with Crippen molar-refractivity contribution in [1.29, 1.82) is 0 Å². The molecule has 0 aliphatic carbocycles. The first-order valence-corrected chi connectivity index (χ1v) is 8.93. The van der Waals surface area contributed by atoms with Crippen LogP contribution in [0.5, 0.6) is 0 Å². The molecule has 1 aliphatic heterocycles. The van der Waals surface area contributed by atoms with E-state index >= 15 is 0 Å². The number of anilines is 2. The average molecular weight is 351 g/mol. The Morgan fingerprint density at radius 3 is 2.65 bits per heavy atom. The predicted molar refractivity (Wildman–Crippen MR) is 90.4 cm³/mol. The van der Waals surface area contributed by atoms with Crippen LogP contribution >= 0.6 is 11.6 Å². The molecule has 0 spiro atoms. The first kappa shape index (κ1) is 15.8. The van der Waals surface area contributed by atoms with Crippen LogP contribution in [0.15, 0.2) is 47.4 Å². The number of hydrogen-bond acceptors (Lipinski definition) is 3. The summed E-state index contributed by atoms with van der Waals surface area (Å²) < 4.78 is 27.4. The SMILES string of the molecule is CC(=O)N1CCc2cc(NS(=O)(=O)c3ccccc3Cl)ccc21. The molecule has 2 aromatic rings. The molecule has 0 atom stereocenters. The first-order chi connectivity index (χ1) is 10.9. The summed E-state index contributed by atoms with van der Waals surface area (Å²) in [6, 6.07) is 11.4. The number of sulfonamides is 1. The molecule has 0 saturated heterocycles. The molecule has 1 N–H and O–H groups in total. The summed E-state index contributed by atoms with van der Waals surface area (Å²) in [4.78, 5) is 13.3. The molecule has 1 aliphatic rings. The van der Waals surface area contributed by atoms with Crippen LogP contribution in [0.3, 0.4) is 0 Å². The van der Waals surface area contributed by atoms with Gasteiger partial charge in [-0.3, -0.25) is 9.52 Å². The average Bonchev–Trinajstić information content (AvgIpc) is 2.90. The third kappa shape index (κ3) is 3.04.